The summed E-state index contributed by atoms with van der Waals surface area (Å²) in [5, 5.41) is 5.95. The van der Waals surface area contributed by atoms with Crippen LogP contribution < -0.4 is 10.6 Å². The smallest absolute Gasteiger partial charge is 0.274 e. The number of carbonyl (C=O) groups excluding carboxylic acids is 2. The van der Waals surface area contributed by atoms with Crippen molar-refractivity contribution < 1.29 is 14.0 Å². The van der Waals surface area contributed by atoms with Gasteiger partial charge in [0.1, 0.15) is 5.82 Å². The molecule has 0 aliphatic carbocycles. The zero-order valence-electron chi connectivity index (χ0n) is 20.2. The third-order valence-corrected chi connectivity index (χ3v) is 6.41. The van der Waals surface area contributed by atoms with Crippen molar-refractivity contribution >= 4 is 39.3 Å². The minimum atomic E-state index is -0.420. The monoisotopic (exact) mass is 486 g/mol. The molecule has 0 unspecified atom stereocenters. The highest BCUT2D eigenvalue weighted by Crippen LogP contribution is 2.31. The average Bonchev–Trinajstić information content (AvgIpc) is 3.16. The van der Waals surface area contributed by atoms with E-state index in [1.807, 2.05) is 40.7 Å². The fourth-order valence-electron chi connectivity index (χ4n) is 3.75. The van der Waals surface area contributed by atoms with Crippen molar-refractivity contribution in [2.45, 2.75) is 47.1 Å². The van der Waals surface area contributed by atoms with Crippen molar-refractivity contribution in [1.82, 2.24) is 25.2 Å². The van der Waals surface area contributed by atoms with Crippen LogP contribution in [0.2, 0.25) is 0 Å². The molecule has 1 atom stereocenters. The van der Waals surface area contributed by atoms with Crippen molar-refractivity contribution in [2.75, 3.05) is 25.0 Å². The van der Waals surface area contributed by atoms with Gasteiger partial charge in [0.05, 0.1) is 22.5 Å². The number of nitrogens with one attached hydrogen (secondary N) is 2. The molecule has 4 heterocycles. The number of hydrogen-bond donors (Lipinski definition) is 2. The van der Waals surface area contributed by atoms with Gasteiger partial charge in [-0.05, 0) is 38.5 Å². The number of halogens is 1. The number of aryl methyl sites for hydroxylation is 1. The molecule has 10 heteroatoms. The quantitative estimate of drug-likeness (QED) is 0.516. The maximum absolute atomic E-state index is 13.5. The number of rotatable bonds is 7. The Morgan fingerprint density at radius 3 is 2.65 bits per heavy atom. The molecule has 0 spiro atoms. The molecule has 3 aromatic heterocycles. The van der Waals surface area contributed by atoms with E-state index in [4.69, 9.17) is 0 Å². The van der Waals surface area contributed by atoms with Crippen LogP contribution in [0.5, 0.6) is 0 Å². The number of aromatic nitrogens is 3. The van der Waals surface area contributed by atoms with Crippen molar-refractivity contribution in [3.05, 3.63) is 46.5 Å². The van der Waals surface area contributed by atoms with Gasteiger partial charge in [-0.1, -0.05) is 13.8 Å². The third kappa shape index (κ3) is 5.85. The first-order valence-electron chi connectivity index (χ1n) is 11.5. The van der Waals surface area contributed by atoms with E-state index < -0.39 is 5.82 Å². The first kappa shape index (κ1) is 25.5. The van der Waals surface area contributed by atoms with Gasteiger partial charge in [-0.2, -0.15) is 0 Å². The first-order chi connectivity index (χ1) is 16.3. The maximum Gasteiger partial charge on any atom is 0.274 e. The number of likely N-dealkylation sites (tertiary alicyclic amines) is 1. The molecule has 4 rings (SSSR count). The molecule has 8 nitrogen and oxygen atoms in total. The van der Waals surface area contributed by atoms with Crippen LogP contribution in [0.25, 0.3) is 10.2 Å². The molecule has 0 radical (unpaired) electrons. The summed E-state index contributed by atoms with van der Waals surface area (Å²) in [6, 6.07) is 3.02. The second kappa shape index (κ2) is 11.3. The Kier molecular flexibility index (Phi) is 8.49. The standard InChI is InChI=1S/C22H25FN6O2S.C2H6/c1-4-25-18(30)6-14-10-29(11-14)21(31)19-20-17(5-12(2)32-20)27-22(28-19)26-13(3)15-7-16(23)9-24-8-15;1-2/h5,7-9,13-14H,4,6,10-11H2,1-3H3,(H,25,30)(H,26,27,28);1-2H3/t13-;/m0./s1. The topological polar surface area (TPSA) is 100 Å². The number of carbonyl (C=O) groups is 2. The minimum absolute atomic E-state index is 0.00946. The molecule has 0 saturated carbocycles. The Labute approximate surface area is 203 Å². The number of pyridine rings is 1. The Bertz CT molecular complexity index is 1160. The highest BCUT2D eigenvalue weighted by Gasteiger charge is 2.34. The molecule has 3 aromatic rings. The van der Waals surface area contributed by atoms with Gasteiger partial charge < -0.3 is 15.5 Å². The normalized spacial score (nSPS) is 14.1. The summed E-state index contributed by atoms with van der Waals surface area (Å²) in [6.07, 6.45) is 3.14. The Hall–Kier alpha value is -3.14. The van der Waals surface area contributed by atoms with Crippen molar-refractivity contribution in [3.63, 3.8) is 0 Å². The Balaban J connectivity index is 0.00000158. The van der Waals surface area contributed by atoms with E-state index in [2.05, 4.69) is 25.6 Å². The molecule has 34 heavy (non-hydrogen) atoms. The Morgan fingerprint density at radius 1 is 1.24 bits per heavy atom. The van der Waals surface area contributed by atoms with Gasteiger partial charge in [-0.25, -0.2) is 14.4 Å². The number of fused-ring (bicyclic) bond motifs is 1. The lowest BCUT2D eigenvalue weighted by Crippen LogP contribution is -2.51. The van der Waals surface area contributed by atoms with Gasteiger partial charge in [0.25, 0.3) is 5.91 Å². The summed E-state index contributed by atoms with van der Waals surface area (Å²) in [5.41, 5.74) is 1.69. The second-order valence-corrected chi connectivity index (χ2v) is 9.26. The van der Waals surface area contributed by atoms with Gasteiger partial charge in [0.15, 0.2) is 5.69 Å². The van der Waals surface area contributed by atoms with E-state index in [-0.39, 0.29) is 23.8 Å². The molecule has 2 N–H and O–H groups in total. The van der Waals surface area contributed by atoms with Gasteiger partial charge in [0, 0.05) is 43.0 Å². The van der Waals surface area contributed by atoms with Crippen LogP contribution >= 0.6 is 11.3 Å². The summed E-state index contributed by atoms with van der Waals surface area (Å²) < 4.78 is 14.3. The highest BCUT2D eigenvalue weighted by molar-refractivity contribution is 7.19. The molecule has 0 bridgehead atoms. The SMILES string of the molecule is CC.CCNC(=O)CC1CN(C(=O)c2nc(N[C@@H](C)c3cncc(F)c3)nc3cc(C)sc23)C1. The van der Waals surface area contributed by atoms with Crippen LogP contribution in [0.1, 0.15) is 61.1 Å². The van der Waals surface area contributed by atoms with E-state index >= 15 is 0 Å². The first-order valence-corrected chi connectivity index (χ1v) is 12.4. The molecule has 1 fully saturated rings. The Morgan fingerprint density at radius 2 is 1.97 bits per heavy atom. The van der Waals surface area contributed by atoms with Gasteiger partial charge >= 0.3 is 0 Å². The number of hydrogen-bond acceptors (Lipinski definition) is 7. The number of anilines is 1. The molecular formula is C24H31FN6O2S. The average molecular weight is 487 g/mol. The number of nitrogens with zero attached hydrogens (tertiary/aromatic N) is 4. The summed E-state index contributed by atoms with van der Waals surface area (Å²) in [4.78, 5) is 40.7. The lowest BCUT2D eigenvalue weighted by atomic mass is 9.95. The van der Waals surface area contributed by atoms with Crippen LogP contribution in [0.4, 0.5) is 10.3 Å². The second-order valence-electron chi connectivity index (χ2n) is 8.00. The van der Waals surface area contributed by atoms with Crippen LogP contribution in [0, 0.1) is 18.7 Å². The minimum Gasteiger partial charge on any atom is -0.356 e. The molecule has 182 valence electrons. The van der Waals surface area contributed by atoms with Crippen LogP contribution in [-0.2, 0) is 4.79 Å². The summed E-state index contributed by atoms with van der Waals surface area (Å²) in [6.45, 7) is 11.4. The van der Waals surface area contributed by atoms with Crippen LogP contribution in [0.3, 0.4) is 0 Å². The molecule has 0 aromatic carbocycles. The number of amides is 2. The predicted octanol–water partition coefficient (Wildman–Crippen LogP) is 4.33. The predicted molar refractivity (Wildman–Crippen MR) is 132 cm³/mol. The van der Waals surface area contributed by atoms with Crippen molar-refractivity contribution in [3.8, 4) is 0 Å². The molecule has 1 saturated heterocycles. The molecule has 1 aliphatic rings. The van der Waals surface area contributed by atoms with E-state index in [1.54, 1.807) is 11.1 Å². The van der Waals surface area contributed by atoms with Crippen molar-refractivity contribution in [1.29, 1.82) is 0 Å². The largest absolute Gasteiger partial charge is 0.356 e. The third-order valence-electron chi connectivity index (χ3n) is 5.36. The molecule has 1 aliphatic heterocycles. The van der Waals surface area contributed by atoms with E-state index in [0.717, 1.165) is 15.8 Å². The summed E-state index contributed by atoms with van der Waals surface area (Å²) in [5.74, 6) is -0.123. The lowest BCUT2D eigenvalue weighted by Gasteiger charge is -2.38. The van der Waals surface area contributed by atoms with Crippen LogP contribution in [-0.4, -0.2) is 51.3 Å². The fraction of sp³-hybridized carbons (Fsp3) is 0.458. The zero-order valence-corrected chi connectivity index (χ0v) is 21.0. The van der Waals surface area contributed by atoms with E-state index in [9.17, 15) is 14.0 Å². The summed E-state index contributed by atoms with van der Waals surface area (Å²) in [7, 11) is 0. The number of thiophene rings is 1. The van der Waals surface area contributed by atoms with Gasteiger partial charge in [-0.15, -0.1) is 11.3 Å². The lowest BCUT2D eigenvalue weighted by molar-refractivity contribution is -0.123. The van der Waals surface area contributed by atoms with Gasteiger partial charge in [0.2, 0.25) is 11.9 Å². The maximum atomic E-state index is 13.5. The van der Waals surface area contributed by atoms with E-state index in [0.29, 0.717) is 48.8 Å². The van der Waals surface area contributed by atoms with E-state index in [1.165, 1.54) is 17.4 Å². The summed E-state index contributed by atoms with van der Waals surface area (Å²) >= 11 is 1.48. The molecule has 2 amide bonds. The fourth-order valence-corrected chi connectivity index (χ4v) is 4.68. The zero-order chi connectivity index (χ0) is 24.8. The molecular weight excluding hydrogens is 455 g/mol. The van der Waals surface area contributed by atoms with Crippen molar-refractivity contribution in [2.24, 2.45) is 5.92 Å². The highest BCUT2D eigenvalue weighted by atomic mass is 32.1. The van der Waals surface area contributed by atoms with Crippen LogP contribution in [0.15, 0.2) is 24.5 Å². The van der Waals surface area contributed by atoms with Gasteiger partial charge in [-0.3, -0.25) is 14.6 Å².